The van der Waals surface area contributed by atoms with Crippen molar-refractivity contribution in [3.8, 4) is 27.9 Å². The van der Waals surface area contributed by atoms with Crippen LogP contribution >= 0.6 is 11.3 Å². The molecular weight excluding hydrogens is 623 g/mol. The van der Waals surface area contributed by atoms with Crippen LogP contribution in [0.25, 0.3) is 80.7 Å². The standard InChI is InChI=1S/C46H28BN2S/c1-2-11-28(12-3-1)29-21-23-33(24-22-29)48-39-26-31-14-5-4-13-30(31)25-37(39)42-34-16-7-6-15-32(34)27-40-43(42)47-38-19-10-18-36-44(38)49(40)45-35-17-8-9-20-41(35)50-46(36)45/h1-27,48H. The molecule has 0 aliphatic carbocycles. The molecule has 1 radical (unpaired) electrons. The van der Waals surface area contributed by atoms with Gasteiger partial charge >= 0.3 is 0 Å². The Bertz CT molecular complexity index is 2970. The van der Waals surface area contributed by atoms with Crippen molar-refractivity contribution in [1.29, 1.82) is 0 Å². The van der Waals surface area contributed by atoms with Crippen molar-refractivity contribution >= 4 is 93.7 Å². The topological polar surface area (TPSA) is 17.0 Å². The molecule has 10 aromatic rings. The maximum atomic E-state index is 3.88. The van der Waals surface area contributed by atoms with E-state index in [1.807, 2.05) is 11.3 Å². The molecule has 0 bridgehead atoms. The third-order valence-corrected chi connectivity index (χ3v) is 11.6. The predicted molar refractivity (Wildman–Crippen MR) is 217 cm³/mol. The number of benzene rings is 8. The molecule has 50 heavy (non-hydrogen) atoms. The molecule has 0 saturated heterocycles. The third-order valence-electron chi connectivity index (χ3n) is 10.4. The lowest BCUT2D eigenvalue weighted by atomic mass is 9.58. The van der Waals surface area contributed by atoms with Crippen LogP contribution in [0.1, 0.15) is 0 Å². The molecular formula is C46H28BN2S. The van der Waals surface area contributed by atoms with E-state index in [0.29, 0.717) is 0 Å². The summed E-state index contributed by atoms with van der Waals surface area (Å²) in [5, 5.41) is 11.4. The fourth-order valence-electron chi connectivity index (χ4n) is 8.11. The van der Waals surface area contributed by atoms with Crippen molar-refractivity contribution < 1.29 is 0 Å². The van der Waals surface area contributed by atoms with Gasteiger partial charge in [0.05, 0.1) is 10.2 Å². The number of hydrogen-bond donors (Lipinski definition) is 1. The van der Waals surface area contributed by atoms with E-state index in [-0.39, 0.29) is 0 Å². The highest BCUT2D eigenvalue weighted by Gasteiger charge is 2.29. The van der Waals surface area contributed by atoms with Crippen LogP contribution in [-0.2, 0) is 0 Å². The van der Waals surface area contributed by atoms with Gasteiger partial charge in [-0.1, -0.05) is 133 Å². The van der Waals surface area contributed by atoms with Crippen molar-refractivity contribution in [2.75, 3.05) is 5.32 Å². The van der Waals surface area contributed by atoms with Crippen LogP contribution in [0.4, 0.5) is 11.4 Å². The van der Waals surface area contributed by atoms with E-state index in [1.165, 1.54) is 91.6 Å². The highest BCUT2D eigenvalue weighted by Crippen LogP contribution is 2.45. The number of anilines is 2. The first-order valence-electron chi connectivity index (χ1n) is 17.1. The van der Waals surface area contributed by atoms with E-state index < -0.39 is 0 Å². The van der Waals surface area contributed by atoms with Gasteiger partial charge in [-0.2, -0.15) is 0 Å². The Labute approximate surface area is 294 Å². The Morgan fingerprint density at radius 3 is 2.04 bits per heavy atom. The quantitative estimate of drug-likeness (QED) is 0.187. The minimum Gasteiger partial charge on any atom is -0.355 e. The second kappa shape index (κ2) is 10.7. The number of hydrogen-bond acceptors (Lipinski definition) is 2. The fourth-order valence-corrected chi connectivity index (χ4v) is 9.32. The lowest BCUT2D eigenvalue weighted by molar-refractivity contribution is 1.20. The summed E-state index contributed by atoms with van der Waals surface area (Å²) in [5.41, 5.74) is 13.3. The lowest BCUT2D eigenvalue weighted by Crippen LogP contribution is -2.37. The van der Waals surface area contributed by atoms with E-state index in [1.54, 1.807) is 0 Å². The summed E-state index contributed by atoms with van der Waals surface area (Å²) in [7, 11) is 2.43. The Morgan fingerprint density at radius 2 is 1.20 bits per heavy atom. The van der Waals surface area contributed by atoms with Gasteiger partial charge in [-0.15, -0.1) is 11.3 Å². The monoisotopic (exact) mass is 651 g/mol. The Balaban J connectivity index is 1.19. The average molecular weight is 652 g/mol. The molecule has 8 aromatic carbocycles. The fraction of sp³-hybridized carbons (Fsp3) is 0. The van der Waals surface area contributed by atoms with Gasteiger partial charge in [0.1, 0.15) is 0 Å². The summed E-state index contributed by atoms with van der Waals surface area (Å²) in [5.74, 6) is 0. The molecule has 3 heterocycles. The molecule has 1 aliphatic rings. The zero-order valence-corrected chi connectivity index (χ0v) is 27.8. The van der Waals surface area contributed by atoms with Gasteiger partial charge in [-0.25, -0.2) is 0 Å². The van der Waals surface area contributed by atoms with E-state index in [2.05, 4.69) is 181 Å². The number of nitrogens with one attached hydrogen (secondary N) is 1. The van der Waals surface area contributed by atoms with Gasteiger partial charge in [0.15, 0.2) is 7.28 Å². The Hall–Kier alpha value is -6.10. The van der Waals surface area contributed by atoms with Crippen molar-refractivity contribution in [2.24, 2.45) is 0 Å². The molecule has 0 unspecified atom stereocenters. The minimum atomic E-state index is 1.06. The predicted octanol–water partition coefficient (Wildman–Crippen LogP) is 11.4. The Kier molecular flexibility index (Phi) is 5.95. The highest BCUT2D eigenvalue weighted by molar-refractivity contribution is 7.26. The number of para-hydroxylation sites is 1. The van der Waals surface area contributed by atoms with Crippen molar-refractivity contribution in [2.45, 2.75) is 0 Å². The van der Waals surface area contributed by atoms with Crippen LogP contribution in [0, 0.1) is 0 Å². The molecule has 1 aliphatic heterocycles. The second-order valence-corrected chi connectivity index (χ2v) is 14.3. The van der Waals surface area contributed by atoms with Crippen LogP contribution in [0.5, 0.6) is 0 Å². The van der Waals surface area contributed by atoms with Gasteiger partial charge in [0.25, 0.3) is 0 Å². The molecule has 231 valence electrons. The van der Waals surface area contributed by atoms with Crippen molar-refractivity contribution in [3.63, 3.8) is 0 Å². The molecule has 4 heteroatoms. The maximum absolute atomic E-state index is 3.88. The van der Waals surface area contributed by atoms with Gasteiger partial charge in [0.2, 0.25) is 0 Å². The number of fused-ring (bicyclic) bond motifs is 9. The number of aromatic nitrogens is 1. The summed E-state index contributed by atoms with van der Waals surface area (Å²) in [4.78, 5) is 0. The molecule has 11 rings (SSSR count). The first-order valence-corrected chi connectivity index (χ1v) is 17.9. The molecule has 0 spiro atoms. The van der Waals surface area contributed by atoms with Gasteiger partial charge in [-0.05, 0) is 80.1 Å². The zero-order chi connectivity index (χ0) is 32.8. The van der Waals surface area contributed by atoms with Crippen molar-refractivity contribution in [3.05, 3.63) is 164 Å². The summed E-state index contributed by atoms with van der Waals surface area (Å²) in [6.45, 7) is 0. The summed E-state index contributed by atoms with van der Waals surface area (Å²) in [6.07, 6.45) is 0. The largest absolute Gasteiger partial charge is 0.355 e. The second-order valence-electron chi connectivity index (χ2n) is 13.2. The molecule has 0 saturated carbocycles. The van der Waals surface area contributed by atoms with Gasteiger partial charge < -0.3 is 9.88 Å². The summed E-state index contributed by atoms with van der Waals surface area (Å²) >= 11 is 1.90. The van der Waals surface area contributed by atoms with E-state index in [0.717, 1.165) is 11.4 Å². The molecule has 0 atom stereocenters. The first kappa shape index (κ1) is 27.8. The van der Waals surface area contributed by atoms with Crippen LogP contribution in [0.15, 0.2) is 164 Å². The molecule has 2 nitrogen and oxygen atoms in total. The summed E-state index contributed by atoms with van der Waals surface area (Å²) in [6, 6.07) is 59.7. The minimum absolute atomic E-state index is 1.06. The van der Waals surface area contributed by atoms with Gasteiger partial charge in [0, 0.05) is 43.6 Å². The van der Waals surface area contributed by atoms with Gasteiger partial charge in [-0.3, -0.25) is 0 Å². The zero-order valence-electron chi connectivity index (χ0n) is 27.0. The number of thiophene rings is 1. The van der Waals surface area contributed by atoms with Crippen molar-refractivity contribution in [1.82, 2.24) is 4.57 Å². The van der Waals surface area contributed by atoms with E-state index in [9.17, 15) is 0 Å². The normalized spacial score (nSPS) is 12.2. The van der Waals surface area contributed by atoms with Crippen LogP contribution in [0.3, 0.4) is 0 Å². The maximum Gasteiger partial charge on any atom is 0.197 e. The highest BCUT2D eigenvalue weighted by atomic mass is 32.1. The lowest BCUT2D eigenvalue weighted by Gasteiger charge is -2.26. The Morgan fingerprint density at radius 1 is 0.520 bits per heavy atom. The number of rotatable bonds is 4. The van der Waals surface area contributed by atoms with E-state index >= 15 is 0 Å². The number of nitrogens with zero attached hydrogens (tertiary/aromatic N) is 1. The molecule has 2 aromatic heterocycles. The summed E-state index contributed by atoms with van der Waals surface area (Å²) < 4.78 is 5.23. The van der Waals surface area contributed by atoms with Crippen LogP contribution in [-0.4, -0.2) is 11.8 Å². The molecule has 0 amide bonds. The van der Waals surface area contributed by atoms with E-state index in [4.69, 9.17) is 0 Å². The SMILES string of the molecule is [B]1c2c(cc3ccccc3c2-c2cc3ccccc3cc2Nc2ccc(-c3ccccc3)cc2)-n2c3c1cccc3c1sc3ccccc3c12. The van der Waals surface area contributed by atoms with Crippen LogP contribution in [0.2, 0.25) is 0 Å². The third kappa shape index (κ3) is 4.09. The molecule has 0 fully saturated rings. The average Bonchev–Trinajstić information content (AvgIpc) is 3.71. The molecule has 1 N–H and O–H groups in total. The van der Waals surface area contributed by atoms with Crippen LogP contribution < -0.4 is 16.2 Å². The smallest absolute Gasteiger partial charge is 0.197 e. The first-order chi connectivity index (χ1) is 24.8.